The summed E-state index contributed by atoms with van der Waals surface area (Å²) in [5.41, 5.74) is 3.34. The molecule has 0 amide bonds. The minimum Gasteiger partial charge on any atom is -0.256 e. The Bertz CT molecular complexity index is 492. The van der Waals surface area contributed by atoms with E-state index < -0.39 is 0 Å². The third-order valence-corrected chi connectivity index (χ3v) is 2.81. The second-order valence-corrected chi connectivity index (χ2v) is 4.58. The minimum atomic E-state index is 0.515. The molecule has 2 rings (SSSR count). The molecule has 82 valence electrons. The highest BCUT2D eigenvalue weighted by Gasteiger charge is 2.03. The molecular weight excluding hydrogens is 218 g/mol. The summed E-state index contributed by atoms with van der Waals surface area (Å²) in [5, 5.41) is 0.745. The summed E-state index contributed by atoms with van der Waals surface area (Å²) < 4.78 is 0. The minimum absolute atomic E-state index is 0.515. The normalized spacial score (nSPS) is 10.8. The third kappa shape index (κ3) is 2.42. The maximum Gasteiger partial charge on any atom is 0.0705 e. The van der Waals surface area contributed by atoms with Crippen LogP contribution in [-0.2, 0) is 0 Å². The summed E-state index contributed by atoms with van der Waals surface area (Å²) in [5.74, 6) is 0.515. The largest absolute Gasteiger partial charge is 0.256 e. The Morgan fingerprint density at radius 1 is 1.12 bits per heavy atom. The maximum absolute atomic E-state index is 5.97. The average molecular weight is 232 g/mol. The lowest BCUT2D eigenvalue weighted by atomic mass is 10.0. The van der Waals surface area contributed by atoms with Gasteiger partial charge in [0, 0.05) is 16.8 Å². The molecular formula is C14H14ClN. The van der Waals surface area contributed by atoms with Crippen molar-refractivity contribution in [1.29, 1.82) is 0 Å². The van der Waals surface area contributed by atoms with Gasteiger partial charge in [0.1, 0.15) is 0 Å². The predicted molar refractivity (Wildman–Crippen MR) is 68.8 cm³/mol. The molecule has 1 aromatic carbocycles. The van der Waals surface area contributed by atoms with Crippen molar-refractivity contribution in [2.24, 2.45) is 0 Å². The lowest BCUT2D eigenvalue weighted by Crippen LogP contribution is -1.90. The number of hydrogen-bond acceptors (Lipinski definition) is 1. The van der Waals surface area contributed by atoms with Crippen LogP contribution in [0, 0.1) is 0 Å². The molecule has 0 aliphatic heterocycles. The van der Waals surface area contributed by atoms with Gasteiger partial charge in [-0.05, 0) is 35.7 Å². The Kier molecular flexibility index (Phi) is 3.25. The van der Waals surface area contributed by atoms with Crippen LogP contribution in [0.4, 0.5) is 0 Å². The van der Waals surface area contributed by atoms with Crippen molar-refractivity contribution < 1.29 is 0 Å². The number of benzene rings is 1. The van der Waals surface area contributed by atoms with E-state index in [1.165, 1.54) is 5.56 Å². The topological polar surface area (TPSA) is 12.9 Å². The molecule has 0 aliphatic carbocycles. The first-order chi connectivity index (χ1) is 7.66. The third-order valence-electron chi connectivity index (χ3n) is 2.57. The van der Waals surface area contributed by atoms with E-state index in [0.29, 0.717) is 5.92 Å². The van der Waals surface area contributed by atoms with E-state index in [1.807, 2.05) is 30.5 Å². The van der Waals surface area contributed by atoms with Crippen LogP contribution in [0.1, 0.15) is 25.3 Å². The highest BCUT2D eigenvalue weighted by molar-refractivity contribution is 6.30. The number of pyridine rings is 1. The van der Waals surface area contributed by atoms with E-state index in [0.717, 1.165) is 16.3 Å². The fourth-order valence-electron chi connectivity index (χ4n) is 1.61. The van der Waals surface area contributed by atoms with Crippen molar-refractivity contribution in [2.45, 2.75) is 19.8 Å². The summed E-state index contributed by atoms with van der Waals surface area (Å²) in [6, 6.07) is 12.0. The summed E-state index contributed by atoms with van der Waals surface area (Å²) in [7, 11) is 0. The number of halogens is 1. The number of aromatic nitrogens is 1. The Morgan fingerprint density at radius 3 is 2.62 bits per heavy atom. The van der Waals surface area contributed by atoms with Crippen molar-refractivity contribution >= 4 is 11.6 Å². The van der Waals surface area contributed by atoms with Crippen molar-refractivity contribution in [3.8, 4) is 11.3 Å². The summed E-state index contributed by atoms with van der Waals surface area (Å²) in [6.07, 6.45) is 1.85. The first-order valence-corrected chi connectivity index (χ1v) is 5.76. The quantitative estimate of drug-likeness (QED) is 0.740. The molecule has 0 N–H and O–H groups in total. The summed E-state index contributed by atoms with van der Waals surface area (Å²) in [6.45, 7) is 4.36. The Balaban J connectivity index is 2.44. The number of nitrogens with zero attached hydrogens (tertiary/aromatic N) is 1. The van der Waals surface area contributed by atoms with Gasteiger partial charge in [0.15, 0.2) is 0 Å². The van der Waals surface area contributed by atoms with E-state index in [4.69, 9.17) is 11.6 Å². The van der Waals surface area contributed by atoms with Gasteiger partial charge in [-0.25, -0.2) is 0 Å². The van der Waals surface area contributed by atoms with Gasteiger partial charge in [-0.3, -0.25) is 4.98 Å². The fourth-order valence-corrected chi connectivity index (χ4v) is 1.80. The maximum atomic E-state index is 5.97. The Labute approximate surface area is 101 Å². The van der Waals surface area contributed by atoms with E-state index in [-0.39, 0.29) is 0 Å². The van der Waals surface area contributed by atoms with Gasteiger partial charge in [-0.15, -0.1) is 0 Å². The van der Waals surface area contributed by atoms with E-state index in [2.05, 4.69) is 31.0 Å². The van der Waals surface area contributed by atoms with Crippen molar-refractivity contribution in [3.63, 3.8) is 0 Å². The van der Waals surface area contributed by atoms with Gasteiger partial charge in [-0.1, -0.05) is 37.6 Å². The van der Waals surface area contributed by atoms with Crippen LogP contribution < -0.4 is 0 Å². The summed E-state index contributed by atoms with van der Waals surface area (Å²) in [4.78, 5) is 4.37. The molecule has 0 atom stereocenters. The van der Waals surface area contributed by atoms with E-state index in [9.17, 15) is 0 Å². The van der Waals surface area contributed by atoms with Crippen LogP contribution in [0.25, 0.3) is 11.3 Å². The molecule has 1 heterocycles. The van der Waals surface area contributed by atoms with Crippen LogP contribution in [0.2, 0.25) is 5.02 Å². The van der Waals surface area contributed by atoms with Gasteiger partial charge in [0.2, 0.25) is 0 Å². The Morgan fingerprint density at radius 2 is 1.94 bits per heavy atom. The molecule has 1 nitrogen and oxygen atoms in total. The lowest BCUT2D eigenvalue weighted by Gasteiger charge is -2.07. The lowest BCUT2D eigenvalue weighted by molar-refractivity contribution is 0.864. The van der Waals surface area contributed by atoms with Gasteiger partial charge in [0.25, 0.3) is 0 Å². The monoisotopic (exact) mass is 231 g/mol. The Hall–Kier alpha value is -1.34. The van der Waals surface area contributed by atoms with Crippen LogP contribution in [0.15, 0.2) is 42.6 Å². The van der Waals surface area contributed by atoms with Crippen molar-refractivity contribution in [1.82, 2.24) is 4.98 Å². The van der Waals surface area contributed by atoms with Crippen LogP contribution >= 0.6 is 11.6 Å². The van der Waals surface area contributed by atoms with Crippen LogP contribution in [0.3, 0.4) is 0 Å². The number of rotatable bonds is 2. The first kappa shape index (κ1) is 11.2. The molecule has 0 radical (unpaired) electrons. The average Bonchev–Trinajstić information content (AvgIpc) is 2.29. The second-order valence-electron chi connectivity index (χ2n) is 4.14. The SMILES string of the molecule is CC(C)c1ccnc(-c2cccc(Cl)c2)c1. The van der Waals surface area contributed by atoms with Gasteiger partial charge in [0.05, 0.1) is 5.69 Å². The molecule has 16 heavy (non-hydrogen) atoms. The van der Waals surface area contributed by atoms with Gasteiger partial charge >= 0.3 is 0 Å². The zero-order valence-corrected chi connectivity index (χ0v) is 10.2. The second kappa shape index (κ2) is 4.67. The highest BCUT2D eigenvalue weighted by atomic mass is 35.5. The number of hydrogen-bond donors (Lipinski definition) is 0. The highest BCUT2D eigenvalue weighted by Crippen LogP contribution is 2.23. The molecule has 1 aromatic heterocycles. The molecule has 0 aliphatic rings. The molecule has 2 aromatic rings. The standard InChI is InChI=1S/C14H14ClN/c1-10(2)11-6-7-16-14(9-11)12-4-3-5-13(15)8-12/h3-10H,1-2H3. The molecule has 0 unspecified atom stereocenters. The predicted octanol–water partition coefficient (Wildman–Crippen LogP) is 4.53. The molecule has 0 spiro atoms. The zero-order chi connectivity index (χ0) is 11.5. The molecule has 0 saturated carbocycles. The molecule has 2 heteroatoms. The molecule has 0 fully saturated rings. The smallest absolute Gasteiger partial charge is 0.0705 e. The van der Waals surface area contributed by atoms with Crippen molar-refractivity contribution in [2.75, 3.05) is 0 Å². The summed E-state index contributed by atoms with van der Waals surface area (Å²) >= 11 is 5.97. The van der Waals surface area contributed by atoms with E-state index in [1.54, 1.807) is 0 Å². The van der Waals surface area contributed by atoms with Gasteiger partial charge in [-0.2, -0.15) is 0 Å². The first-order valence-electron chi connectivity index (χ1n) is 5.38. The molecule has 0 bridgehead atoms. The van der Waals surface area contributed by atoms with Crippen LogP contribution in [0.5, 0.6) is 0 Å². The van der Waals surface area contributed by atoms with Gasteiger partial charge < -0.3 is 0 Å². The van der Waals surface area contributed by atoms with E-state index >= 15 is 0 Å². The van der Waals surface area contributed by atoms with Crippen molar-refractivity contribution in [3.05, 3.63) is 53.2 Å². The fraction of sp³-hybridized carbons (Fsp3) is 0.214. The van der Waals surface area contributed by atoms with Crippen LogP contribution in [-0.4, -0.2) is 4.98 Å². The molecule has 0 saturated heterocycles. The zero-order valence-electron chi connectivity index (χ0n) is 9.44.